The van der Waals surface area contributed by atoms with Crippen LogP contribution < -0.4 is 11.1 Å². The molecule has 15 heavy (non-hydrogen) atoms. The van der Waals surface area contributed by atoms with Gasteiger partial charge in [-0.05, 0) is 6.42 Å². The SMILES string of the molecule is CCc1cc(NC(=O)COCCN)n[nH]1. The van der Waals surface area contributed by atoms with E-state index in [-0.39, 0.29) is 12.5 Å². The van der Waals surface area contributed by atoms with Crippen LogP contribution in [0.15, 0.2) is 6.07 Å². The number of aromatic amines is 1. The Balaban J connectivity index is 2.31. The van der Waals surface area contributed by atoms with Crippen molar-refractivity contribution in [3.8, 4) is 0 Å². The Labute approximate surface area is 88.2 Å². The maximum absolute atomic E-state index is 11.3. The van der Waals surface area contributed by atoms with E-state index in [1.807, 2.05) is 6.92 Å². The van der Waals surface area contributed by atoms with E-state index >= 15 is 0 Å². The third kappa shape index (κ3) is 4.09. The lowest BCUT2D eigenvalue weighted by Crippen LogP contribution is -2.20. The minimum Gasteiger partial charge on any atom is -0.370 e. The van der Waals surface area contributed by atoms with Gasteiger partial charge in [-0.3, -0.25) is 9.89 Å². The molecule has 1 heterocycles. The zero-order chi connectivity index (χ0) is 11.1. The molecule has 1 rings (SSSR count). The van der Waals surface area contributed by atoms with Gasteiger partial charge in [-0.2, -0.15) is 5.10 Å². The van der Waals surface area contributed by atoms with E-state index in [2.05, 4.69) is 15.5 Å². The molecular formula is C9H16N4O2. The molecule has 1 amide bonds. The van der Waals surface area contributed by atoms with E-state index in [1.165, 1.54) is 0 Å². The molecule has 1 aromatic heterocycles. The molecule has 6 heteroatoms. The molecule has 0 bridgehead atoms. The summed E-state index contributed by atoms with van der Waals surface area (Å²) in [6, 6.07) is 1.79. The number of nitrogens with one attached hydrogen (secondary N) is 2. The fraction of sp³-hybridized carbons (Fsp3) is 0.556. The van der Waals surface area contributed by atoms with E-state index in [9.17, 15) is 4.79 Å². The van der Waals surface area contributed by atoms with Gasteiger partial charge in [0.05, 0.1) is 6.61 Å². The Hall–Kier alpha value is -1.40. The number of H-pyrrole nitrogens is 1. The molecular weight excluding hydrogens is 196 g/mol. The number of carbonyl (C=O) groups is 1. The van der Waals surface area contributed by atoms with Gasteiger partial charge in [0.15, 0.2) is 5.82 Å². The number of hydrogen-bond acceptors (Lipinski definition) is 4. The normalized spacial score (nSPS) is 10.3. The number of hydrogen-bond donors (Lipinski definition) is 3. The lowest BCUT2D eigenvalue weighted by molar-refractivity contribution is -0.120. The van der Waals surface area contributed by atoms with Gasteiger partial charge in [-0.1, -0.05) is 6.92 Å². The highest BCUT2D eigenvalue weighted by atomic mass is 16.5. The quantitative estimate of drug-likeness (QED) is 0.573. The van der Waals surface area contributed by atoms with Crippen LogP contribution in [0.1, 0.15) is 12.6 Å². The lowest BCUT2D eigenvalue weighted by Gasteiger charge is -2.01. The molecule has 0 saturated carbocycles. The molecule has 0 radical (unpaired) electrons. The van der Waals surface area contributed by atoms with Crippen LogP contribution in [0.25, 0.3) is 0 Å². The van der Waals surface area contributed by atoms with Crippen molar-refractivity contribution in [3.05, 3.63) is 11.8 Å². The maximum atomic E-state index is 11.3. The van der Waals surface area contributed by atoms with Crippen LogP contribution in [0.4, 0.5) is 5.82 Å². The molecule has 6 nitrogen and oxygen atoms in total. The van der Waals surface area contributed by atoms with Gasteiger partial charge in [0.25, 0.3) is 5.91 Å². The van der Waals surface area contributed by atoms with Gasteiger partial charge in [0.1, 0.15) is 6.61 Å². The third-order valence-electron chi connectivity index (χ3n) is 1.77. The molecule has 0 saturated heterocycles. The number of amides is 1. The first-order valence-corrected chi connectivity index (χ1v) is 4.88. The number of aromatic nitrogens is 2. The van der Waals surface area contributed by atoms with Gasteiger partial charge >= 0.3 is 0 Å². The zero-order valence-corrected chi connectivity index (χ0v) is 8.75. The Bertz CT molecular complexity index is 311. The molecule has 0 aliphatic rings. The van der Waals surface area contributed by atoms with Crippen molar-refractivity contribution in [1.82, 2.24) is 10.2 Å². The third-order valence-corrected chi connectivity index (χ3v) is 1.77. The summed E-state index contributed by atoms with van der Waals surface area (Å²) in [6.45, 7) is 2.80. The topological polar surface area (TPSA) is 93.0 Å². The number of rotatable bonds is 6. The zero-order valence-electron chi connectivity index (χ0n) is 8.75. The summed E-state index contributed by atoms with van der Waals surface area (Å²) in [5.74, 6) is 0.297. The second-order valence-corrected chi connectivity index (χ2v) is 3.02. The van der Waals surface area contributed by atoms with Crippen molar-refractivity contribution in [2.24, 2.45) is 5.73 Å². The Kier molecular flexibility index (Phi) is 4.79. The van der Waals surface area contributed by atoms with E-state index in [1.54, 1.807) is 6.07 Å². The summed E-state index contributed by atoms with van der Waals surface area (Å²) in [5.41, 5.74) is 6.19. The average Bonchev–Trinajstić information content (AvgIpc) is 2.66. The Morgan fingerprint density at radius 1 is 1.73 bits per heavy atom. The van der Waals surface area contributed by atoms with Gasteiger partial charge in [0.2, 0.25) is 0 Å². The number of anilines is 1. The van der Waals surface area contributed by atoms with Crippen LogP contribution in [-0.4, -0.2) is 35.9 Å². The second kappa shape index (κ2) is 6.15. The van der Waals surface area contributed by atoms with E-state index in [0.29, 0.717) is 19.0 Å². The van der Waals surface area contributed by atoms with Crippen LogP contribution in [0.2, 0.25) is 0 Å². The number of carbonyl (C=O) groups excluding carboxylic acids is 1. The summed E-state index contributed by atoms with van der Waals surface area (Å²) in [4.78, 5) is 11.3. The van der Waals surface area contributed by atoms with Crippen molar-refractivity contribution in [2.45, 2.75) is 13.3 Å². The molecule has 84 valence electrons. The second-order valence-electron chi connectivity index (χ2n) is 3.02. The standard InChI is InChI=1S/C9H16N4O2/c1-2-7-5-8(13-12-7)11-9(14)6-15-4-3-10/h5H,2-4,6,10H2,1H3,(H2,11,12,13,14). The first-order chi connectivity index (χ1) is 7.26. The van der Waals surface area contributed by atoms with E-state index < -0.39 is 0 Å². The maximum Gasteiger partial charge on any atom is 0.251 e. The summed E-state index contributed by atoms with van der Waals surface area (Å²) in [5, 5.41) is 9.33. The van der Waals surface area contributed by atoms with Crippen molar-refractivity contribution < 1.29 is 9.53 Å². The van der Waals surface area contributed by atoms with Gasteiger partial charge in [0, 0.05) is 18.3 Å². The first kappa shape index (κ1) is 11.7. The minimum atomic E-state index is -0.224. The monoisotopic (exact) mass is 212 g/mol. The largest absolute Gasteiger partial charge is 0.370 e. The van der Waals surface area contributed by atoms with E-state index in [0.717, 1.165) is 12.1 Å². The highest BCUT2D eigenvalue weighted by molar-refractivity contribution is 5.90. The predicted molar refractivity (Wildman–Crippen MR) is 56.5 cm³/mol. The molecule has 0 aliphatic heterocycles. The van der Waals surface area contributed by atoms with Crippen LogP contribution in [0.3, 0.4) is 0 Å². The Morgan fingerprint density at radius 3 is 3.13 bits per heavy atom. The van der Waals surface area contributed by atoms with Crippen molar-refractivity contribution in [1.29, 1.82) is 0 Å². The van der Waals surface area contributed by atoms with E-state index in [4.69, 9.17) is 10.5 Å². The number of ether oxygens (including phenoxy) is 1. The van der Waals surface area contributed by atoms with Crippen LogP contribution >= 0.6 is 0 Å². The van der Waals surface area contributed by atoms with Crippen molar-refractivity contribution >= 4 is 11.7 Å². The highest BCUT2D eigenvalue weighted by Crippen LogP contribution is 2.05. The van der Waals surface area contributed by atoms with Gasteiger partial charge in [-0.25, -0.2) is 0 Å². The predicted octanol–water partition coefficient (Wildman–Crippen LogP) is -0.114. The number of aryl methyl sites for hydroxylation is 1. The molecule has 0 aromatic carbocycles. The van der Waals surface area contributed by atoms with Crippen LogP contribution in [0, 0.1) is 0 Å². The van der Waals surface area contributed by atoms with Crippen LogP contribution in [0.5, 0.6) is 0 Å². The fourth-order valence-electron chi connectivity index (χ4n) is 1.03. The molecule has 0 aliphatic carbocycles. The lowest BCUT2D eigenvalue weighted by atomic mass is 10.3. The fourth-order valence-corrected chi connectivity index (χ4v) is 1.03. The van der Waals surface area contributed by atoms with Crippen molar-refractivity contribution in [3.63, 3.8) is 0 Å². The molecule has 1 aromatic rings. The highest BCUT2D eigenvalue weighted by Gasteiger charge is 2.04. The van der Waals surface area contributed by atoms with Crippen molar-refractivity contribution in [2.75, 3.05) is 25.1 Å². The molecule has 0 spiro atoms. The van der Waals surface area contributed by atoms with Gasteiger partial charge < -0.3 is 15.8 Å². The van der Waals surface area contributed by atoms with Gasteiger partial charge in [-0.15, -0.1) is 0 Å². The summed E-state index contributed by atoms with van der Waals surface area (Å²) >= 11 is 0. The smallest absolute Gasteiger partial charge is 0.251 e. The molecule has 0 atom stereocenters. The molecule has 4 N–H and O–H groups in total. The summed E-state index contributed by atoms with van der Waals surface area (Å²) < 4.78 is 4.97. The van der Waals surface area contributed by atoms with Crippen LogP contribution in [-0.2, 0) is 16.0 Å². The Morgan fingerprint density at radius 2 is 2.53 bits per heavy atom. The molecule has 0 unspecified atom stereocenters. The number of nitrogens with two attached hydrogens (primary N) is 1. The summed E-state index contributed by atoms with van der Waals surface area (Å²) in [7, 11) is 0. The first-order valence-electron chi connectivity index (χ1n) is 4.88. The summed E-state index contributed by atoms with van der Waals surface area (Å²) in [6.07, 6.45) is 0.854. The average molecular weight is 212 g/mol. The molecule has 0 fully saturated rings. The minimum absolute atomic E-state index is 0.00547. The number of nitrogens with zero attached hydrogens (tertiary/aromatic N) is 1.